The summed E-state index contributed by atoms with van der Waals surface area (Å²) >= 11 is 0. The molecule has 3 saturated carbocycles. The summed E-state index contributed by atoms with van der Waals surface area (Å²) in [5, 5.41) is 8.91. The van der Waals surface area contributed by atoms with Crippen LogP contribution in [0.2, 0.25) is 0 Å². The minimum absolute atomic E-state index is 0.0782. The fourth-order valence-electron chi connectivity index (χ4n) is 9.40. The monoisotopic (exact) mass is 438 g/mol. The summed E-state index contributed by atoms with van der Waals surface area (Å²) in [6.07, 6.45) is 12.8. The third-order valence-corrected chi connectivity index (χ3v) is 11.2. The molecule has 1 spiro atoms. The van der Waals surface area contributed by atoms with Crippen molar-refractivity contribution in [1.29, 1.82) is 5.26 Å². The zero-order valence-electron chi connectivity index (χ0n) is 20.5. The van der Waals surface area contributed by atoms with E-state index in [0.717, 1.165) is 42.6 Å². The topological polar surface area (TPSA) is 73.4 Å². The number of hydrogen-bond donors (Lipinski definition) is 1. The smallest absolute Gasteiger partial charge is 0.240 e. The number of carbonyl (C=O) groups is 1. The number of nitriles is 1. The first kappa shape index (κ1) is 22.4. The molecule has 0 bridgehead atoms. The summed E-state index contributed by atoms with van der Waals surface area (Å²) in [6, 6.07) is 2.31. The van der Waals surface area contributed by atoms with E-state index in [0.29, 0.717) is 10.8 Å². The number of likely N-dealkylation sites (tertiary alicyclic amines) is 1. The van der Waals surface area contributed by atoms with Crippen LogP contribution in [0.25, 0.3) is 0 Å². The minimum atomic E-state index is -0.695. The average Bonchev–Trinajstić information content (AvgIpc) is 3.26. The van der Waals surface area contributed by atoms with Crippen LogP contribution in [0, 0.1) is 45.8 Å². The molecule has 9 unspecified atom stereocenters. The standard InChI is InChI=1S/C27H42N4O/c1-17-21-7-8-23-20-6-5-18-15-19(31(4)25(32)24(29)11-14-28)9-12-26(18,2)22(20)10-13-27(21,23)16-30(17)3/h5,17,19-24H,6-13,15-16,29H2,1-4H3. The molecular formula is C27H42N4O. The Balaban J connectivity index is 1.34. The molecule has 32 heavy (non-hydrogen) atoms. The van der Waals surface area contributed by atoms with Crippen molar-refractivity contribution >= 4 is 5.91 Å². The highest BCUT2D eigenvalue weighted by molar-refractivity contribution is 5.82. The van der Waals surface area contributed by atoms with Crippen molar-refractivity contribution < 1.29 is 4.79 Å². The number of fused-ring (bicyclic) bond motifs is 4. The largest absolute Gasteiger partial charge is 0.341 e. The normalized spacial score (nSPS) is 46.2. The molecule has 1 saturated heterocycles. The highest BCUT2D eigenvalue weighted by atomic mass is 16.2. The first-order valence-corrected chi connectivity index (χ1v) is 13.0. The number of carbonyl (C=O) groups excluding carboxylic acids is 1. The molecule has 4 fully saturated rings. The molecule has 5 aliphatic rings. The summed E-state index contributed by atoms with van der Waals surface area (Å²) in [6.45, 7) is 6.33. The van der Waals surface area contributed by atoms with Gasteiger partial charge in [-0.2, -0.15) is 5.26 Å². The molecule has 1 amide bonds. The summed E-state index contributed by atoms with van der Waals surface area (Å²) in [7, 11) is 4.24. The molecule has 1 aliphatic heterocycles. The molecule has 4 aliphatic carbocycles. The lowest BCUT2D eigenvalue weighted by Crippen LogP contribution is -2.54. The van der Waals surface area contributed by atoms with Crippen molar-refractivity contribution in [3.05, 3.63) is 11.6 Å². The Hall–Kier alpha value is -1.38. The lowest BCUT2D eigenvalue weighted by Gasteiger charge is -2.58. The van der Waals surface area contributed by atoms with Crippen LogP contribution in [0.15, 0.2) is 11.6 Å². The second kappa shape index (κ2) is 7.84. The lowest BCUT2D eigenvalue weighted by atomic mass is 9.47. The molecule has 0 aromatic rings. The van der Waals surface area contributed by atoms with Crippen molar-refractivity contribution in [3.63, 3.8) is 0 Å². The van der Waals surface area contributed by atoms with E-state index < -0.39 is 6.04 Å². The van der Waals surface area contributed by atoms with Crippen molar-refractivity contribution in [3.8, 4) is 6.07 Å². The van der Waals surface area contributed by atoms with Gasteiger partial charge in [0.2, 0.25) is 5.91 Å². The van der Waals surface area contributed by atoms with Gasteiger partial charge in [-0.3, -0.25) is 4.79 Å². The van der Waals surface area contributed by atoms with E-state index >= 15 is 0 Å². The molecule has 176 valence electrons. The number of nitrogens with two attached hydrogens (primary N) is 1. The van der Waals surface area contributed by atoms with Gasteiger partial charge in [0, 0.05) is 25.7 Å². The quantitative estimate of drug-likeness (QED) is 0.677. The molecule has 9 atom stereocenters. The van der Waals surface area contributed by atoms with Crippen molar-refractivity contribution in [2.45, 2.75) is 89.8 Å². The van der Waals surface area contributed by atoms with Gasteiger partial charge >= 0.3 is 0 Å². The molecule has 2 N–H and O–H groups in total. The van der Waals surface area contributed by atoms with Gasteiger partial charge < -0.3 is 15.5 Å². The van der Waals surface area contributed by atoms with Crippen LogP contribution in [-0.4, -0.2) is 54.5 Å². The van der Waals surface area contributed by atoms with Crippen molar-refractivity contribution in [2.24, 2.45) is 40.2 Å². The zero-order chi connectivity index (χ0) is 22.8. The zero-order valence-corrected chi connectivity index (χ0v) is 20.5. The number of hydrogen-bond acceptors (Lipinski definition) is 4. The Labute approximate surface area is 194 Å². The predicted molar refractivity (Wildman–Crippen MR) is 126 cm³/mol. The molecule has 5 nitrogen and oxygen atoms in total. The van der Waals surface area contributed by atoms with E-state index in [9.17, 15) is 4.79 Å². The van der Waals surface area contributed by atoms with Gasteiger partial charge in [-0.05, 0) is 99.8 Å². The number of nitrogens with zero attached hydrogens (tertiary/aromatic N) is 3. The Kier molecular flexibility index (Phi) is 5.49. The van der Waals surface area contributed by atoms with E-state index in [1.807, 2.05) is 18.0 Å². The molecule has 0 aromatic carbocycles. The average molecular weight is 439 g/mol. The maximum absolute atomic E-state index is 12.7. The van der Waals surface area contributed by atoms with Crippen LogP contribution >= 0.6 is 0 Å². The van der Waals surface area contributed by atoms with Crippen LogP contribution in [0.4, 0.5) is 0 Å². The van der Waals surface area contributed by atoms with Gasteiger partial charge in [0.15, 0.2) is 0 Å². The van der Waals surface area contributed by atoms with Crippen LogP contribution in [0.3, 0.4) is 0 Å². The van der Waals surface area contributed by atoms with E-state index in [2.05, 4.69) is 31.9 Å². The Bertz CT molecular complexity index is 847. The fraction of sp³-hybridized carbons (Fsp3) is 0.852. The van der Waals surface area contributed by atoms with Gasteiger partial charge in [0.05, 0.1) is 18.5 Å². The number of amides is 1. The van der Waals surface area contributed by atoms with Crippen molar-refractivity contribution in [1.82, 2.24) is 9.80 Å². The third kappa shape index (κ3) is 3.05. The summed E-state index contributed by atoms with van der Waals surface area (Å²) in [5.74, 6) is 3.39. The molecule has 1 heterocycles. The second-order valence-electron chi connectivity index (χ2n) is 12.2. The van der Waals surface area contributed by atoms with Gasteiger partial charge in [-0.1, -0.05) is 18.6 Å². The predicted octanol–water partition coefficient (Wildman–Crippen LogP) is 3.95. The highest BCUT2D eigenvalue weighted by Gasteiger charge is 2.64. The van der Waals surface area contributed by atoms with Crippen LogP contribution < -0.4 is 5.73 Å². The fourth-order valence-corrected chi connectivity index (χ4v) is 9.40. The van der Waals surface area contributed by atoms with E-state index in [1.54, 1.807) is 5.57 Å². The second-order valence-corrected chi connectivity index (χ2v) is 12.2. The maximum atomic E-state index is 12.7. The van der Waals surface area contributed by atoms with Gasteiger partial charge in [-0.15, -0.1) is 0 Å². The van der Waals surface area contributed by atoms with Crippen LogP contribution in [0.1, 0.15) is 71.6 Å². The van der Waals surface area contributed by atoms with Gasteiger partial charge in [0.25, 0.3) is 0 Å². The SMILES string of the molecule is CC1C2CCC3C4CC=C5CC(N(C)C(=O)C(N)CC#N)CCC5(C)C4CCC32CN1C. The minimum Gasteiger partial charge on any atom is -0.341 e. The summed E-state index contributed by atoms with van der Waals surface area (Å²) < 4.78 is 0. The maximum Gasteiger partial charge on any atom is 0.240 e. The molecule has 0 radical (unpaired) electrons. The van der Waals surface area contributed by atoms with Crippen molar-refractivity contribution in [2.75, 3.05) is 20.6 Å². The van der Waals surface area contributed by atoms with E-state index in [-0.39, 0.29) is 18.4 Å². The van der Waals surface area contributed by atoms with E-state index in [4.69, 9.17) is 11.0 Å². The Morgan fingerprint density at radius 1 is 1.28 bits per heavy atom. The summed E-state index contributed by atoms with van der Waals surface area (Å²) in [4.78, 5) is 17.2. The number of rotatable bonds is 3. The third-order valence-electron chi connectivity index (χ3n) is 11.2. The van der Waals surface area contributed by atoms with Gasteiger partial charge in [0.1, 0.15) is 0 Å². The molecule has 0 aromatic heterocycles. The first-order valence-electron chi connectivity index (χ1n) is 13.0. The Morgan fingerprint density at radius 2 is 2.03 bits per heavy atom. The van der Waals surface area contributed by atoms with Gasteiger partial charge in [-0.25, -0.2) is 0 Å². The van der Waals surface area contributed by atoms with Crippen LogP contribution in [0.5, 0.6) is 0 Å². The Morgan fingerprint density at radius 3 is 2.78 bits per heavy atom. The van der Waals surface area contributed by atoms with Crippen LogP contribution in [-0.2, 0) is 4.79 Å². The first-order chi connectivity index (χ1) is 15.2. The summed E-state index contributed by atoms with van der Waals surface area (Å²) in [5.41, 5.74) is 8.44. The van der Waals surface area contributed by atoms with E-state index in [1.165, 1.54) is 45.1 Å². The number of likely N-dealkylation sites (N-methyl/N-ethyl adjacent to an activating group) is 1. The molecule has 5 rings (SSSR count). The number of allylic oxidation sites excluding steroid dienone is 1. The molecular weight excluding hydrogens is 396 g/mol. The lowest BCUT2D eigenvalue weighted by molar-refractivity contribution is -0.134. The highest BCUT2D eigenvalue weighted by Crippen LogP contribution is 2.68. The molecule has 5 heteroatoms.